The lowest BCUT2D eigenvalue weighted by Gasteiger charge is -2.06. The number of amides is 1. The molecular formula is C9H6F2N4O. The Labute approximate surface area is 88.5 Å². The lowest BCUT2D eigenvalue weighted by molar-refractivity contribution is 0.0999. The number of nitrogens with two attached hydrogens (primary N) is 1. The Balaban J connectivity index is 2.68. The molecule has 0 saturated carbocycles. The number of hydrogen-bond acceptors (Lipinski definition) is 3. The maximum Gasteiger partial charge on any atom is 0.251 e. The molecule has 0 aliphatic carbocycles. The topological polar surface area (TPSA) is 73.8 Å². The number of carbonyl (C=O) groups excluding carboxylic acids is 1. The molecule has 0 aliphatic heterocycles. The average Bonchev–Trinajstić information content (AvgIpc) is 2.74. The Morgan fingerprint density at radius 1 is 1.31 bits per heavy atom. The number of halogens is 2. The minimum absolute atomic E-state index is 0.0453. The smallest absolute Gasteiger partial charge is 0.251 e. The first-order chi connectivity index (χ1) is 7.59. The van der Waals surface area contributed by atoms with Crippen LogP contribution in [-0.2, 0) is 0 Å². The van der Waals surface area contributed by atoms with Crippen LogP contribution >= 0.6 is 0 Å². The highest BCUT2D eigenvalue weighted by Crippen LogP contribution is 2.17. The molecule has 1 amide bonds. The van der Waals surface area contributed by atoms with Crippen molar-refractivity contribution in [2.75, 3.05) is 0 Å². The van der Waals surface area contributed by atoms with Gasteiger partial charge in [0.05, 0.1) is 23.6 Å². The zero-order valence-corrected chi connectivity index (χ0v) is 7.89. The second kappa shape index (κ2) is 3.69. The van der Waals surface area contributed by atoms with Gasteiger partial charge >= 0.3 is 0 Å². The maximum atomic E-state index is 13.0. The number of carbonyl (C=O) groups is 1. The monoisotopic (exact) mass is 224 g/mol. The molecule has 0 radical (unpaired) electrons. The zero-order chi connectivity index (χ0) is 11.7. The lowest BCUT2D eigenvalue weighted by atomic mass is 10.1. The Morgan fingerprint density at radius 3 is 2.56 bits per heavy atom. The molecule has 1 heterocycles. The quantitative estimate of drug-likeness (QED) is 0.813. The van der Waals surface area contributed by atoms with E-state index in [1.807, 2.05) is 0 Å². The van der Waals surface area contributed by atoms with Crippen molar-refractivity contribution >= 4 is 5.91 Å². The van der Waals surface area contributed by atoms with Crippen molar-refractivity contribution in [2.24, 2.45) is 5.73 Å². The second-order valence-corrected chi connectivity index (χ2v) is 3.00. The van der Waals surface area contributed by atoms with Crippen molar-refractivity contribution in [1.82, 2.24) is 15.0 Å². The zero-order valence-electron chi connectivity index (χ0n) is 7.89. The Morgan fingerprint density at radius 2 is 2.00 bits per heavy atom. The van der Waals surface area contributed by atoms with Gasteiger partial charge in [-0.15, -0.1) is 5.10 Å². The number of rotatable bonds is 2. The average molecular weight is 224 g/mol. The van der Waals surface area contributed by atoms with E-state index in [4.69, 9.17) is 5.73 Å². The number of hydrogen-bond donors (Lipinski definition) is 1. The van der Waals surface area contributed by atoms with Gasteiger partial charge in [0.2, 0.25) is 0 Å². The SMILES string of the molecule is NC(=O)c1cc(F)c(F)cc1-n1ccnn1. The highest BCUT2D eigenvalue weighted by molar-refractivity contribution is 5.96. The van der Waals surface area contributed by atoms with Crippen LogP contribution in [0, 0.1) is 11.6 Å². The first kappa shape index (κ1) is 10.2. The van der Waals surface area contributed by atoms with Crippen LogP contribution in [0.4, 0.5) is 8.78 Å². The minimum atomic E-state index is -1.14. The highest BCUT2D eigenvalue weighted by Gasteiger charge is 2.15. The Kier molecular flexibility index (Phi) is 2.35. The van der Waals surface area contributed by atoms with E-state index in [2.05, 4.69) is 10.3 Å². The van der Waals surface area contributed by atoms with Crippen LogP contribution in [-0.4, -0.2) is 20.9 Å². The molecule has 0 aliphatic rings. The fourth-order valence-corrected chi connectivity index (χ4v) is 1.26. The summed E-state index contributed by atoms with van der Waals surface area (Å²) >= 11 is 0. The summed E-state index contributed by atoms with van der Waals surface area (Å²) in [6.07, 6.45) is 2.73. The molecule has 2 rings (SSSR count). The molecule has 0 fully saturated rings. The number of benzene rings is 1. The minimum Gasteiger partial charge on any atom is -0.366 e. The van der Waals surface area contributed by atoms with Gasteiger partial charge in [0.1, 0.15) is 0 Å². The molecular weight excluding hydrogens is 218 g/mol. The van der Waals surface area contributed by atoms with Gasteiger partial charge in [0.25, 0.3) is 5.91 Å². The lowest BCUT2D eigenvalue weighted by Crippen LogP contribution is -2.16. The van der Waals surface area contributed by atoms with Crippen molar-refractivity contribution in [1.29, 1.82) is 0 Å². The summed E-state index contributed by atoms with van der Waals surface area (Å²) in [5.74, 6) is -3.10. The van der Waals surface area contributed by atoms with E-state index in [1.54, 1.807) is 0 Å². The summed E-state index contributed by atoms with van der Waals surface area (Å²) in [5.41, 5.74) is 4.93. The molecule has 0 atom stereocenters. The van der Waals surface area contributed by atoms with E-state index in [9.17, 15) is 13.6 Å². The van der Waals surface area contributed by atoms with E-state index < -0.39 is 17.5 Å². The summed E-state index contributed by atoms with van der Waals surface area (Å²) in [6.45, 7) is 0. The molecule has 82 valence electrons. The molecule has 2 aromatic rings. The van der Waals surface area contributed by atoms with Gasteiger partial charge < -0.3 is 5.73 Å². The van der Waals surface area contributed by atoms with E-state index >= 15 is 0 Å². The molecule has 16 heavy (non-hydrogen) atoms. The van der Waals surface area contributed by atoms with E-state index in [-0.39, 0.29) is 11.3 Å². The Bertz CT molecular complexity index is 539. The molecule has 2 N–H and O–H groups in total. The predicted molar refractivity (Wildman–Crippen MR) is 49.8 cm³/mol. The standard InChI is InChI=1S/C9H6F2N4O/c10-6-3-5(9(12)16)8(4-7(6)11)15-2-1-13-14-15/h1-4H,(H2,12,16). The van der Waals surface area contributed by atoms with Gasteiger partial charge in [-0.1, -0.05) is 5.21 Å². The molecule has 0 bridgehead atoms. The fraction of sp³-hybridized carbons (Fsp3) is 0. The predicted octanol–water partition coefficient (Wildman–Crippen LogP) is 0.644. The summed E-state index contributed by atoms with van der Waals surface area (Å²) in [4.78, 5) is 11.1. The summed E-state index contributed by atoms with van der Waals surface area (Å²) in [5, 5.41) is 7.07. The van der Waals surface area contributed by atoms with E-state index in [0.717, 1.165) is 16.8 Å². The normalized spacial score (nSPS) is 10.4. The Hall–Kier alpha value is -2.31. The van der Waals surface area contributed by atoms with Crippen molar-refractivity contribution in [3.05, 3.63) is 41.7 Å². The van der Waals surface area contributed by atoms with Gasteiger partial charge in [-0.3, -0.25) is 4.79 Å². The van der Waals surface area contributed by atoms with Crippen molar-refractivity contribution in [3.63, 3.8) is 0 Å². The number of nitrogens with zero attached hydrogens (tertiary/aromatic N) is 3. The third-order valence-corrected chi connectivity index (χ3v) is 1.97. The second-order valence-electron chi connectivity index (χ2n) is 3.00. The van der Waals surface area contributed by atoms with E-state index in [0.29, 0.717) is 0 Å². The third-order valence-electron chi connectivity index (χ3n) is 1.97. The number of primary amides is 1. The molecule has 0 saturated heterocycles. The van der Waals surface area contributed by atoms with Gasteiger partial charge in [-0.25, -0.2) is 13.5 Å². The van der Waals surface area contributed by atoms with Crippen LogP contribution in [0.2, 0.25) is 0 Å². The van der Waals surface area contributed by atoms with Gasteiger partial charge in [-0.2, -0.15) is 0 Å². The first-order valence-electron chi connectivity index (χ1n) is 4.25. The van der Waals surface area contributed by atoms with Crippen molar-refractivity contribution in [2.45, 2.75) is 0 Å². The van der Waals surface area contributed by atoms with Crippen molar-refractivity contribution in [3.8, 4) is 5.69 Å². The summed E-state index contributed by atoms with van der Waals surface area (Å²) in [7, 11) is 0. The van der Waals surface area contributed by atoms with Crippen LogP contribution in [0.1, 0.15) is 10.4 Å². The van der Waals surface area contributed by atoms with Gasteiger partial charge in [0.15, 0.2) is 11.6 Å². The molecule has 1 aromatic heterocycles. The van der Waals surface area contributed by atoms with Crippen LogP contribution in [0.25, 0.3) is 5.69 Å². The molecule has 7 heteroatoms. The van der Waals surface area contributed by atoms with Crippen molar-refractivity contribution < 1.29 is 13.6 Å². The fourth-order valence-electron chi connectivity index (χ4n) is 1.26. The summed E-state index contributed by atoms with van der Waals surface area (Å²) < 4.78 is 27.1. The van der Waals surface area contributed by atoms with Crippen LogP contribution in [0.15, 0.2) is 24.5 Å². The first-order valence-corrected chi connectivity index (χ1v) is 4.25. The van der Waals surface area contributed by atoms with E-state index in [1.165, 1.54) is 12.4 Å². The molecule has 0 spiro atoms. The summed E-state index contributed by atoms with van der Waals surface area (Å²) in [6, 6.07) is 1.57. The molecule has 5 nitrogen and oxygen atoms in total. The maximum absolute atomic E-state index is 13.0. The van der Waals surface area contributed by atoms with Gasteiger partial charge in [0, 0.05) is 6.07 Å². The van der Waals surface area contributed by atoms with Crippen LogP contribution in [0.3, 0.4) is 0 Å². The van der Waals surface area contributed by atoms with Crippen LogP contribution in [0.5, 0.6) is 0 Å². The van der Waals surface area contributed by atoms with Crippen LogP contribution < -0.4 is 5.73 Å². The highest BCUT2D eigenvalue weighted by atomic mass is 19.2. The number of aromatic nitrogens is 3. The largest absolute Gasteiger partial charge is 0.366 e. The van der Waals surface area contributed by atoms with Gasteiger partial charge in [-0.05, 0) is 6.07 Å². The molecule has 0 unspecified atom stereocenters. The third kappa shape index (κ3) is 1.62. The molecule has 1 aromatic carbocycles.